The van der Waals surface area contributed by atoms with Crippen molar-refractivity contribution in [2.75, 3.05) is 0 Å². The Balaban J connectivity index is 1.79. The molecule has 0 spiro atoms. The highest BCUT2D eigenvalue weighted by atomic mass is 16.6. The SMILES string of the molecule is CC(C)(C)OC(=O)n1c2ccccc2c2cc(C3CC3)c(C3CC3)cc21. The van der Waals surface area contributed by atoms with E-state index in [2.05, 4.69) is 18.2 Å². The van der Waals surface area contributed by atoms with Gasteiger partial charge in [0, 0.05) is 10.8 Å². The summed E-state index contributed by atoms with van der Waals surface area (Å²) in [6.07, 6.45) is 4.87. The summed E-state index contributed by atoms with van der Waals surface area (Å²) >= 11 is 0. The Morgan fingerprint density at radius 2 is 1.54 bits per heavy atom. The van der Waals surface area contributed by atoms with E-state index < -0.39 is 5.60 Å². The van der Waals surface area contributed by atoms with Crippen LogP contribution in [0.5, 0.6) is 0 Å². The molecule has 3 heteroatoms. The lowest BCUT2D eigenvalue weighted by Gasteiger charge is -2.20. The van der Waals surface area contributed by atoms with Crippen LogP contribution >= 0.6 is 0 Å². The smallest absolute Gasteiger partial charge is 0.419 e. The van der Waals surface area contributed by atoms with Gasteiger partial charge in [-0.1, -0.05) is 18.2 Å². The molecule has 0 bridgehead atoms. The van der Waals surface area contributed by atoms with Gasteiger partial charge in [0.25, 0.3) is 0 Å². The van der Waals surface area contributed by atoms with Gasteiger partial charge < -0.3 is 4.74 Å². The van der Waals surface area contributed by atoms with Crippen molar-refractivity contribution < 1.29 is 9.53 Å². The molecule has 2 aliphatic carbocycles. The summed E-state index contributed by atoms with van der Waals surface area (Å²) in [5, 5.41) is 2.32. The molecule has 2 aliphatic rings. The van der Waals surface area contributed by atoms with Gasteiger partial charge in [-0.3, -0.25) is 0 Å². The number of fused-ring (bicyclic) bond motifs is 3. The Bertz CT molecular complexity index is 1030. The summed E-state index contributed by atoms with van der Waals surface area (Å²) in [6.45, 7) is 5.75. The monoisotopic (exact) mass is 347 g/mol. The minimum Gasteiger partial charge on any atom is -0.443 e. The molecule has 2 fully saturated rings. The summed E-state index contributed by atoms with van der Waals surface area (Å²) in [5.41, 5.74) is 4.40. The standard InChI is InChI=1S/C23H25NO2/c1-23(2,3)26-22(25)24-20-7-5-4-6-16(20)19-12-17(14-8-9-14)18(13-21(19)24)15-10-11-15/h4-7,12-15H,8-11H2,1-3H3. The van der Waals surface area contributed by atoms with Crippen LogP contribution in [0.1, 0.15) is 69.4 Å². The Morgan fingerprint density at radius 1 is 0.923 bits per heavy atom. The van der Waals surface area contributed by atoms with Crippen LogP contribution in [-0.2, 0) is 4.74 Å². The van der Waals surface area contributed by atoms with Crippen molar-refractivity contribution in [1.82, 2.24) is 4.57 Å². The van der Waals surface area contributed by atoms with E-state index in [4.69, 9.17) is 4.74 Å². The third-order valence-corrected chi connectivity index (χ3v) is 5.49. The molecule has 1 heterocycles. The first-order valence-corrected chi connectivity index (χ1v) is 9.73. The Kier molecular flexibility index (Phi) is 3.28. The maximum atomic E-state index is 13.0. The number of rotatable bonds is 2. The van der Waals surface area contributed by atoms with Crippen molar-refractivity contribution in [1.29, 1.82) is 0 Å². The molecule has 0 radical (unpaired) electrons. The number of hydrogen-bond donors (Lipinski definition) is 0. The van der Waals surface area contributed by atoms with Gasteiger partial charge in [0.2, 0.25) is 0 Å². The van der Waals surface area contributed by atoms with Crippen LogP contribution in [0.2, 0.25) is 0 Å². The normalized spacial score (nSPS) is 17.8. The first kappa shape index (κ1) is 15.9. The predicted octanol–water partition coefficient (Wildman–Crippen LogP) is 6.33. The zero-order chi connectivity index (χ0) is 18.1. The van der Waals surface area contributed by atoms with Crippen molar-refractivity contribution in [2.45, 2.75) is 63.9 Å². The van der Waals surface area contributed by atoms with E-state index in [0.717, 1.165) is 22.3 Å². The van der Waals surface area contributed by atoms with Gasteiger partial charge in [-0.25, -0.2) is 9.36 Å². The quantitative estimate of drug-likeness (QED) is 0.542. The molecule has 0 N–H and O–H groups in total. The van der Waals surface area contributed by atoms with Crippen molar-refractivity contribution in [3.05, 3.63) is 47.5 Å². The highest BCUT2D eigenvalue weighted by Gasteiger charge is 2.34. The van der Waals surface area contributed by atoms with Crippen LogP contribution in [-0.4, -0.2) is 16.3 Å². The van der Waals surface area contributed by atoms with Crippen LogP contribution in [0, 0.1) is 0 Å². The first-order valence-electron chi connectivity index (χ1n) is 9.73. The minimum atomic E-state index is -0.512. The van der Waals surface area contributed by atoms with E-state index in [1.165, 1.54) is 42.2 Å². The summed E-state index contributed by atoms with van der Waals surface area (Å²) < 4.78 is 7.50. The van der Waals surface area contributed by atoms with Gasteiger partial charge in [0.1, 0.15) is 5.60 Å². The zero-order valence-electron chi connectivity index (χ0n) is 15.7. The number of carbonyl (C=O) groups is 1. The predicted molar refractivity (Wildman–Crippen MR) is 105 cm³/mol. The van der Waals surface area contributed by atoms with Gasteiger partial charge in [-0.15, -0.1) is 0 Å². The Morgan fingerprint density at radius 3 is 2.15 bits per heavy atom. The van der Waals surface area contributed by atoms with Crippen LogP contribution in [0.25, 0.3) is 21.8 Å². The van der Waals surface area contributed by atoms with Crippen LogP contribution in [0.3, 0.4) is 0 Å². The molecule has 0 amide bonds. The fourth-order valence-electron chi connectivity index (χ4n) is 4.05. The lowest BCUT2D eigenvalue weighted by Crippen LogP contribution is -2.27. The highest BCUT2D eigenvalue weighted by molar-refractivity contribution is 6.13. The molecule has 0 aliphatic heterocycles. The second-order valence-electron chi connectivity index (χ2n) is 8.88. The van der Waals surface area contributed by atoms with Crippen molar-refractivity contribution in [2.24, 2.45) is 0 Å². The second kappa shape index (κ2) is 5.35. The molecule has 2 saturated carbocycles. The average Bonchev–Trinajstić information content (AvgIpc) is 3.47. The summed E-state index contributed by atoms with van der Waals surface area (Å²) in [7, 11) is 0. The fourth-order valence-corrected chi connectivity index (χ4v) is 4.05. The average molecular weight is 347 g/mol. The van der Waals surface area contributed by atoms with Crippen LogP contribution in [0.15, 0.2) is 36.4 Å². The molecule has 3 nitrogen and oxygen atoms in total. The number of ether oxygens (including phenoxy) is 1. The molecule has 26 heavy (non-hydrogen) atoms. The maximum absolute atomic E-state index is 13.0. The molecular weight excluding hydrogens is 322 g/mol. The van der Waals surface area contributed by atoms with Crippen molar-refractivity contribution >= 4 is 27.9 Å². The van der Waals surface area contributed by atoms with E-state index >= 15 is 0 Å². The molecular formula is C23H25NO2. The van der Waals surface area contributed by atoms with Gasteiger partial charge in [-0.2, -0.15) is 0 Å². The maximum Gasteiger partial charge on any atom is 0.419 e. The third-order valence-electron chi connectivity index (χ3n) is 5.49. The Hall–Kier alpha value is -2.29. The third kappa shape index (κ3) is 2.61. The molecule has 0 unspecified atom stereocenters. The van der Waals surface area contributed by atoms with E-state index in [0.29, 0.717) is 5.92 Å². The van der Waals surface area contributed by atoms with Crippen LogP contribution < -0.4 is 0 Å². The number of aromatic nitrogens is 1. The summed E-state index contributed by atoms with van der Waals surface area (Å²) in [5.74, 6) is 1.40. The largest absolute Gasteiger partial charge is 0.443 e. The number of benzene rings is 2. The lowest BCUT2D eigenvalue weighted by atomic mass is 9.96. The van der Waals surface area contributed by atoms with Gasteiger partial charge >= 0.3 is 6.09 Å². The lowest BCUT2D eigenvalue weighted by molar-refractivity contribution is 0.0551. The van der Waals surface area contributed by atoms with E-state index in [9.17, 15) is 4.79 Å². The fraction of sp³-hybridized carbons (Fsp3) is 0.435. The number of carbonyl (C=O) groups excluding carboxylic acids is 1. The molecule has 3 aromatic rings. The van der Waals surface area contributed by atoms with E-state index in [1.54, 1.807) is 4.57 Å². The summed E-state index contributed by atoms with van der Waals surface area (Å²) in [4.78, 5) is 13.0. The highest BCUT2D eigenvalue weighted by Crippen LogP contribution is 2.51. The summed E-state index contributed by atoms with van der Waals surface area (Å²) in [6, 6.07) is 12.8. The molecule has 0 atom stereocenters. The zero-order valence-corrected chi connectivity index (χ0v) is 15.7. The number of hydrogen-bond acceptors (Lipinski definition) is 2. The molecule has 0 saturated heterocycles. The number of para-hydroxylation sites is 1. The van der Waals surface area contributed by atoms with Gasteiger partial charge in [-0.05, 0) is 87.6 Å². The first-order chi connectivity index (χ1) is 12.4. The van der Waals surface area contributed by atoms with Gasteiger partial charge in [0.15, 0.2) is 0 Å². The Labute approximate surface area is 153 Å². The van der Waals surface area contributed by atoms with Crippen molar-refractivity contribution in [3.63, 3.8) is 0 Å². The molecule has 1 aromatic heterocycles. The van der Waals surface area contributed by atoms with E-state index in [1.807, 2.05) is 39.0 Å². The molecule has 134 valence electrons. The van der Waals surface area contributed by atoms with Crippen LogP contribution in [0.4, 0.5) is 4.79 Å². The molecule has 2 aromatic carbocycles. The minimum absolute atomic E-state index is 0.287. The van der Waals surface area contributed by atoms with Crippen molar-refractivity contribution in [3.8, 4) is 0 Å². The molecule has 5 rings (SSSR count). The van der Waals surface area contributed by atoms with Gasteiger partial charge in [0.05, 0.1) is 11.0 Å². The second-order valence-corrected chi connectivity index (χ2v) is 8.88. The topological polar surface area (TPSA) is 31.2 Å². The number of nitrogens with zero attached hydrogens (tertiary/aromatic N) is 1. The van der Waals surface area contributed by atoms with E-state index in [-0.39, 0.29) is 6.09 Å².